The van der Waals surface area contributed by atoms with Gasteiger partial charge in [0.25, 0.3) is 0 Å². The highest BCUT2D eigenvalue weighted by molar-refractivity contribution is 6.99. The summed E-state index contributed by atoms with van der Waals surface area (Å²) in [7, 11) is 1.35. The van der Waals surface area contributed by atoms with Gasteiger partial charge in [0, 0.05) is 18.5 Å². The molecule has 2 atom stereocenters. The van der Waals surface area contributed by atoms with E-state index in [1.807, 2.05) is 20.8 Å². The monoisotopic (exact) mass is 317 g/mol. The molecule has 0 aliphatic carbocycles. The van der Waals surface area contributed by atoms with Crippen LogP contribution in [0.15, 0.2) is 0 Å². The van der Waals surface area contributed by atoms with Crippen LogP contribution in [-0.4, -0.2) is 52.2 Å². The Bertz CT molecular complexity index is 439. The molecule has 2 N–H and O–H groups in total. The Labute approximate surface area is 129 Å². The van der Waals surface area contributed by atoms with E-state index >= 15 is 0 Å². The van der Waals surface area contributed by atoms with E-state index < -0.39 is 6.10 Å². The lowest BCUT2D eigenvalue weighted by Gasteiger charge is -2.15. The first-order valence-corrected chi connectivity index (χ1v) is 7.60. The Kier molecular flexibility index (Phi) is 7.55. The summed E-state index contributed by atoms with van der Waals surface area (Å²) in [6, 6.07) is 0.302. The SMILES string of the molecule is COC(=O)CC(C)c1nsnc1OCC(O)CNC(C)C. The van der Waals surface area contributed by atoms with Crippen molar-refractivity contribution in [1.82, 2.24) is 14.1 Å². The molecule has 1 rings (SSSR count). The quantitative estimate of drug-likeness (QED) is 0.655. The normalized spacial score (nSPS) is 14.0. The molecule has 7 nitrogen and oxygen atoms in total. The van der Waals surface area contributed by atoms with Gasteiger partial charge in [-0.05, 0) is 0 Å². The highest BCUT2D eigenvalue weighted by atomic mass is 32.1. The van der Waals surface area contributed by atoms with Crippen molar-refractivity contribution < 1.29 is 19.4 Å². The number of esters is 1. The zero-order valence-corrected chi connectivity index (χ0v) is 13.6. The molecule has 8 heteroatoms. The Morgan fingerprint density at radius 1 is 1.38 bits per heavy atom. The van der Waals surface area contributed by atoms with E-state index in [-0.39, 0.29) is 24.9 Å². The number of aliphatic hydroxyl groups is 1. The predicted octanol–water partition coefficient (Wildman–Crippen LogP) is 0.942. The van der Waals surface area contributed by atoms with E-state index in [0.717, 1.165) is 11.7 Å². The maximum atomic E-state index is 11.3. The fourth-order valence-electron chi connectivity index (χ4n) is 1.62. The Balaban J connectivity index is 2.49. The van der Waals surface area contributed by atoms with Crippen LogP contribution in [0.2, 0.25) is 0 Å². The van der Waals surface area contributed by atoms with Gasteiger partial charge in [0.1, 0.15) is 18.4 Å². The topological polar surface area (TPSA) is 93.6 Å². The van der Waals surface area contributed by atoms with Crippen LogP contribution in [0.4, 0.5) is 0 Å². The van der Waals surface area contributed by atoms with Crippen molar-refractivity contribution in [2.75, 3.05) is 20.3 Å². The molecule has 0 amide bonds. The van der Waals surface area contributed by atoms with Crippen LogP contribution in [0.5, 0.6) is 5.88 Å². The van der Waals surface area contributed by atoms with Gasteiger partial charge in [-0.2, -0.15) is 4.37 Å². The molecule has 0 aromatic carbocycles. The van der Waals surface area contributed by atoms with Gasteiger partial charge in [-0.3, -0.25) is 4.79 Å². The van der Waals surface area contributed by atoms with Crippen molar-refractivity contribution >= 4 is 17.7 Å². The second kappa shape index (κ2) is 8.91. The summed E-state index contributed by atoms with van der Waals surface area (Å²) in [5.74, 6) is -0.0697. The number of rotatable bonds is 9. The van der Waals surface area contributed by atoms with Crippen molar-refractivity contribution in [3.8, 4) is 5.88 Å². The average Bonchev–Trinajstić information content (AvgIpc) is 2.91. The molecule has 0 saturated heterocycles. The first-order valence-electron chi connectivity index (χ1n) is 6.87. The van der Waals surface area contributed by atoms with Gasteiger partial charge in [-0.15, -0.1) is 4.37 Å². The molecule has 1 heterocycles. The zero-order valence-electron chi connectivity index (χ0n) is 12.8. The van der Waals surface area contributed by atoms with Gasteiger partial charge in [0.15, 0.2) is 0 Å². The maximum Gasteiger partial charge on any atom is 0.306 e. The smallest absolute Gasteiger partial charge is 0.306 e. The molecule has 0 fully saturated rings. The number of aliphatic hydroxyl groups excluding tert-OH is 1. The van der Waals surface area contributed by atoms with Crippen molar-refractivity contribution in [3.05, 3.63) is 5.69 Å². The molecule has 0 spiro atoms. The fourth-order valence-corrected chi connectivity index (χ4v) is 2.23. The molecule has 0 aliphatic heterocycles. The lowest BCUT2D eigenvalue weighted by molar-refractivity contribution is -0.141. The molecular weight excluding hydrogens is 294 g/mol. The predicted molar refractivity (Wildman–Crippen MR) is 79.6 cm³/mol. The second-order valence-corrected chi connectivity index (χ2v) is 5.69. The van der Waals surface area contributed by atoms with Crippen LogP contribution in [0.1, 0.15) is 38.8 Å². The van der Waals surface area contributed by atoms with E-state index in [9.17, 15) is 9.90 Å². The van der Waals surface area contributed by atoms with Crippen LogP contribution in [-0.2, 0) is 9.53 Å². The summed E-state index contributed by atoms with van der Waals surface area (Å²) in [6.07, 6.45) is -0.409. The van der Waals surface area contributed by atoms with Gasteiger partial charge in [-0.25, -0.2) is 0 Å². The van der Waals surface area contributed by atoms with Crippen molar-refractivity contribution in [2.45, 2.75) is 45.3 Å². The molecule has 0 radical (unpaired) electrons. The molecule has 1 aromatic rings. The largest absolute Gasteiger partial charge is 0.473 e. The average molecular weight is 317 g/mol. The van der Waals surface area contributed by atoms with E-state index in [0.29, 0.717) is 24.2 Å². The number of nitrogens with zero attached hydrogens (tertiary/aromatic N) is 2. The van der Waals surface area contributed by atoms with Crippen LogP contribution >= 0.6 is 11.7 Å². The number of carbonyl (C=O) groups excluding carboxylic acids is 1. The molecule has 0 saturated carbocycles. The summed E-state index contributed by atoms with van der Waals surface area (Å²) in [6.45, 7) is 6.44. The molecule has 21 heavy (non-hydrogen) atoms. The van der Waals surface area contributed by atoms with Gasteiger partial charge >= 0.3 is 5.97 Å². The minimum absolute atomic E-state index is 0.128. The summed E-state index contributed by atoms with van der Waals surface area (Å²) in [4.78, 5) is 11.3. The highest BCUT2D eigenvalue weighted by Gasteiger charge is 2.20. The maximum absolute atomic E-state index is 11.3. The molecular formula is C13H23N3O4S. The third-order valence-corrected chi connectivity index (χ3v) is 3.35. The molecule has 0 aliphatic rings. The Morgan fingerprint density at radius 3 is 2.71 bits per heavy atom. The Morgan fingerprint density at radius 2 is 2.10 bits per heavy atom. The van der Waals surface area contributed by atoms with Crippen molar-refractivity contribution in [3.63, 3.8) is 0 Å². The first-order chi connectivity index (χ1) is 9.93. The summed E-state index contributed by atoms with van der Waals surface area (Å²) in [5, 5.41) is 12.9. The second-order valence-electron chi connectivity index (χ2n) is 5.16. The first kappa shape index (κ1) is 17.8. The third kappa shape index (κ3) is 6.36. The standard InChI is InChI=1S/C13H23N3O4S/c1-8(2)14-6-10(17)7-20-13-12(15-21-16-13)9(3)5-11(18)19-4/h8-10,14,17H,5-7H2,1-4H3. The number of methoxy groups -OCH3 is 1. The lowest BCUT2D eigenvalue weighted by Crippen LogP contribution is -2.35. The van der Waals surface area contributed by atoms with E-state index in [1.165, 1.54) is 7.11 Å². The van der Waals surface area contributed by atoms with E-state index in [4.69, 9.17) is 4.74 Å². The number of carbonyl (C=O) groups is 1. The summed E-state index contributed by atoms with van der Waals surface area (Å²) >= 11 is 1.02. The highest BCUT2D eigenvalue weighted by Crippen LogP contribution is 2.27. The van der Waals surface area contributed by atoms with Crippen LogP contribution in [0, 0.1) is 0 Å². The van der Waals surface area contributed by atoms with Gasteiger partial charge in [-0.1, -0.05) is 20.8 Å². The van der Waals surface area contributed by atoms with Crippen molar-refractivity contribution in [1.29, 1.82) is 0 Å². The van der Waals surface area contributed by atoms with Gasteiger partial charge in [0.2, 0.25) is 5.88 Å². The molecule has 1 aromatic heterocycles. The van der Waals surface area contributed by atoms with Crippen molar-refractivity contribution in [2.24, 2.45) is 0 Å². The number of hydrogen-bond donors (Lipinski definition) is 2. The summed E-state index contributed by atoms with van der Waals surface area (Å²) < 4.78 is 18.4. The van der Waals surface area contributed by atoms with Crippen LogP contribution in [0.25, 0.3) is 0 Å². The Hall–Kier alpha value is -1.25. The lowest BCUT2D eigenvalue weighted by atomic mass is 10.0. The number of ether oxygens (including phenoxy) is 2. The van der Waals surface area contributed by atoms with Gasteiger partial charge < -0.3 is 19.9 Å². The molecule has 120 valence electrons. The molecule has 0 bridgehead atoms. The van der Waals surface area contributed by atoms with Gasteiger partial charge in [0.05, 0.1) is 25.3 Å². The molecule has 2 unspecified atom stereocenters. The van der Waals surface area contributed by atoms with E-state index in [2.05, 4.69) is 18.8 Å². The summed E-state index contributed by atoms with van der Waals surface area (Å²) in [5.41, 5.74) is 0.620. The number of hydrogen-bond acceptors (Lipinski definition) is 8. The fraction of sp³-hybridized carbons (Fsp3) is 0.769. The zero-order chi connectivity index (χ0) is 15.8. The number of aromatic nitrogens is 2. The minimum atomic E-state index is -0.627. The van der Waals surface area contributed by atoms with Crippen LogP contribution < -0.4 is 10.1 Å². The van der Waals surface area contributed by atoms with E-state index in [1.54, 1.807) is 0 Å². The third-order valence-electron chi connectivity index (χ3n) is 2.82. The minimum Gasteiger partial charge on any atom is -0.473 e. The van der Waals surface area contributed by atoms with Crippen LogP contribution in [0.3, 0.4) is 0 Å². The number of nitrogens with one attached hydrogen (secondary N) is 1.